The van der Waals surface area contributed by atoms with Crippen LogP contribution < -0.4 is 39.4 Å². The number of benzene rings is 3. The molecule has 0 aromatic heterocycles. The van der Waals surface area contributed by atoms with Crippen molar-refractivity contribution >= 4 is 23.0 Å². The van der Waals surface area contributed by atoms with Crippen molar-refractivity contribution in [2.45, 2.75) is 68.4 Å². The Bertz CT molecular complexity index is 1090. The molecule has 0 spiro atoms. The van der Waals surface area contributed by atoms with E-state index in [1.807, 2.05) is 39.0 Å². The van der Waals surface area contributed by atoms with Gasteiger partial charge < -0.3 is 39.4 Å². The van der Waals surface area contributed by atoms with E-state index in [4.69, 9.17) is 16.3 Å². The van der Waals surface area contributed by atoms with Crippen molar-refractivity contribution in [3.8, 4) is 5.75 Å². The first-order valence-electron chi connectivity index (χ1n) is 12.5. The average molecular weight is 665 g/mol. The van der Waals surface area contributed by atoms with Gasteiger partial charge in [0.05, 0.1) is 12.8 Å². The smallest absolute Gasteiger partial charge is 1.00 e. The van der Waals surface area contributed by atoms with E-state index in [2.05, 4.69) is 75.6 Å². The molecule has 0 aliphatic carbocycles. The predicted molar refractivity (Wildman–Crippen MR) is 153 cm³/mol. The first-order valence-corrected chi connectivity index (χ1v) is 12.9. The van der Waals surface area contributed by atoms with Gasteiger partial charge in [-0.05, 0) is 108 Å². The number of hydrogen-bond acceptors (Lipinski definition) is 3. The van der Waals surface area contributed by atoms with E-state index in [1.54, 1.807) is 0 Å². The van der Waals surface area contributed by atoms with Crippen molar-refractivity contribution in [3.05, 3.63) is 86.4 Å². The standard InChI is InChI=1S/C21H28N2.C10H13ClO.2ClH.Ru/c1-14-9-16(3)20(17(4)10-14)22-7-8-23(13-22)21-18(5)11-15(2)12-19(21)6;1-7(2)12-10-5-4-9(11)6-8(10)3;;;/h9-12H,7-8,13H2,1-6H3;4-7H,1-3H3;2*1H;/q;;;;+2/p-2. The van der Waals surface area contributed by atoms with Gasteiger partial charge in [0.25, 0.3) is 0 Å². The Balaban J connectivity index is 0.000000787. The summed E-state index contributed by atoms with van der Waals surface area (Å²) in [5, 5.41) is 0.753. The van der Waals surface area contributed by atoms with Crippen LogP contribution in [0.1, 0.15) is 52.8 Å². The molecule has 0 N–H and O–H groups in total. The molecule has 0 unspecified atom stereocenters. The summed E-state index contributed by atoms with van der Waals surface area (Å²) in [6.45, 7) is 22.5. The van der Waals surface area contributed by atoms with Crippen LogP contribution in [-0.2, 0) is 19.5 Å². The van der Waals surface area contributed by atoms with Crippen molar-refractivity contribution in [2.75, 3.05) is 29.6 Å². The number of anilines is 2. The summed E-state index contributed by atoms with van der Waals surface area (Å²) in [5.74, 6) is 0.911. The van der Waals surface area contributed by atoms with E-state index in [1.165, 1.54) is 44.8 Å². The van der Waals surface area contributed by atoms with Crippen LogP contribution in [0.4, 0.5) is 11.4 Å². The first-order chi connectivity index (χ1) is 16.5. The van der Waals surface area contributed by atoms with Gasteiger partial charge in [0, 0.05) is 29.5 Å². The largest absolute Gasteiger partial charge is 2.00 e. The third kappa shape index (κ3) is 9.34. The molecule has 1 aliphatic rings. The molecule has 0 radical (unpaired) electrons. The Hall–Kier alpha value is -1.45. The van der Waals surface area contributed by atoms with Gasteiger partial charge >= 0.3 is 19.5 Å². The molecule has 1 aliphatic heterocycles. The van der Waals surface area contributed by atoms with E-state index in [9.17, 15) is 0 Å². The Morgan fingerprint density at radius 1 is 0.658 bits per heavy atom. The van der Waals surface area contributed by atoms with Gasteiger partial charge in [-0.3, -0.25) is 0 Å². The Labute approximate surface area is 260 Å². The number of nitrogens with zero attached hydrogens (tertiary/aromatic N) is 2. The van der Waals surface area contributed by atoms with Gasteiger partial charge in [-0.25, -0.2) is 0 Å². The van der Waals surface area contributed by atoms with Crippen LogP contribution in [-0.4, -0.2) is 25.9 Å². The van der Waals surface area contributed by atoms with Crippen LogP contribution >= 0.6 is 11.6 Å². The molecule has 0 saturated carbocycles. The molecule has 1 heterocycles. The van der Waals surface area contributed by atoms with Crippen LogP contribution in [0.25, 0.3) is 0 Å². The SMILES string of the molecule is Cc1cc(C)c(N2CCN(c3c(C)cc(C)cc3C)C2)c(C)c1.Cc1cc(Cl)ccc1OC(C)C.[Cl-].[Cl-].[Ru+2]. The van der Waals surface area contributed by atoms with E-state index < -0.39 is 0 Å². The van der Waals surface area contributed by atoms with Gasteiger partial charge in [0.1, 0.15) is 5.75 Å². The second-order valence-electron chi connectivity index (χ2n) is 10.2. The van der Waals surface area contributed by atoms with Gasteiger partial charge in [0.15, 0.2) is 0 Å². The summed E-state index contributed by atoms with van der Waals surface area (Å²) in [6, 6.07) is 14.8. The van der Waals surface area contributed by atoms with Crippen LogP contribution in [0.2, 0.25) is 5.02 Å². The van der Waals surface area contributed by atoms with Crippen LogP contribution in [0.5, 0.6) is 5.75 Å². The van der Waals surface area contributed by atoms with Gasteiger partial charge in [-0.1, -0.05) is 47.0 Å². The molecule has 0 atom stereocenters. The van der Waals surface area contributed by atoms with Gasteiger partial charge in [0.2, 0.25) is 0 Å². The van der Waals surface area contributed by atoms with Crippen molar-refractivity contribution in [1.82, 2.24) is 0 Å². The molecule has 0 amide bonds. The third-order valence-corrected chi connectivity index (χ3v) is 6.62. The van der Waals surface area contributed by atoms with Crippen molar-refractivity contribution in [1.29, 1.82) is 0 Å². The molecule has 1 fully saturated rings. The van der Waals surface area contributed by atoms with Gasteiger partial charge in [-0.15, -0.1) is 0 Å². The predicted octanol–water partition coefficient (Wildman–Crippen LogP) is 2.26. The first kappa shape index (κ1) is 36.6. The Morgan fingerprint density at radius 3 is 1.39 bits per heavy atom. The summed E-state index contributed by atoms with van der Waals surface area (Å²) in [5.41, 5.74) is 12.2. The fraction of sp³-hybridized carbons (Fsp3) is 0.419. The van der Waals surface area contributed by atoms with Gasteiger partial charge in [-0.2, -0.15) is 0 Å². The number of halogens is 3. The minimum Gasteiger partial charge on any atom is -1.00 e. The molecule has 1 saturated heterocycles. The minimum absolute atomic E-state index is 0. The van der Waals surface area contributed by atoms with Crippen LogP contribution in [0, 0.1) is 48.5 Å². The normalized spacial score (nSPS) is 12.2. The fourth-order valence-electron chi connectivity index (χ4n) is 5.30. The quantitative estimate of drug-likeness (QED) is 0.399. The van der Waals surface area contributed by atoms with Crippen molar-refractivity contribution in [2.24, 2.45) is 0 Å². The van der Waals surface area contributed by atoms with Crippen molar-refractivity contribution < 1.29 is 49.0 Å². The zero-order valence-electron chi connectivity index (χ0n) is 24.0. The van der Waals surface area contributed by atoms with E-state index in [0.29, 0.717) is 0 Å². The summed E-state index contributed by atoms with van der Waals surface area (Å²) in [4.78, 5) is 5.06. The van der Waals surface area contributed by atoms with E-state index in [0.717, 1.165) is 36.1 Å². The summed E-state index contributed by atoms with van der Waals surface area (Å²) in [6.07, 6.45) is 0.213. The molecular weight excluding hydrogens is 624 g/mol. The molecule has 3 aromatic carbocycles. The Kier molecular flexibility index (Phi) is 15.4. The second-order valence-corrected chi connectivity index (χ2v) is 10.7. The van der Waals surface area contributed by atoms with Crippen LogP contribution in [0.15, 0.2) is 42.5 Å². The number of rotatable bonds is 4. The molecule has 7 heteroatoms. The molecule has 4 rings (SSSR count). The second kappa shape index (κ2) is 16.0. The molecule has 0 bridgehead atoms. The molecule has 38 heavy (non-hydrogen) atoms. The molecule has 3 aromatic rings. The zero-order chi connectivity index (χ0) is 25.9. The van der Waals surface area contributed by atoms with Crippen molar-refractivity contribution in [3.63, 3.8) is 0 Å². The monoisotopic (exact) mass is 664 g/mol. The van der Waals surface area contributed by atoms with Crippen LogP contribution in [0.3, 0.4) is 0 Å². The molecule has 3 nitrogen and oxygen atoms in total. The maximum atomic E-state index is 5.80. The number of hydrogen-bond donors (Lipinski definition) is 0. The summed E-state index contributed by atoms with van der Waals surface area (Å²) in [7, 11) is 0. The maximum absolute atomic E-state index is 5.80. The fourth-order valence-corrected chi connectivity index (χ4v) is 5.52. The third-order valence-electron chi connectivity index (χ3n) is 6.38. The summed E-state index contributed by atoms with van der Waals surface area (Å²) < 4.78 is 5.54. The minimum atomic E-state index is 0. The Morgan fingerprint density at radius 2 is 1.05 bits per heavy atom. The zero-order valence-corrected chi connectivity index (χ0v) is 28.0. The molecule has 210 valence electrons. The summed E-state index contributed by atoms with van der Waals surface area (Å²) >= 11 is 5.80. The molecular formula is C31H41Cl3N2ORu. The topological polar surface area (TPSA) is 15.7 Å². The van der Waals surface area contributed by atoms with E-state index in [-0.39, 0.29) is 50.4 Å². The number of aryl methyl sites for hydroxylation is 7. The average Bonchev–Trinajstić information content (AvgIpc) is 3.18. The van der Waals surface area contributed by atoms with E-state index >= 15 is 0 Å². The maximum Gasteiger partial charge on any atom is 2.00 e. The number of ether oxygens (including phenoxy) is 1.